The van der Waals surface area contributed by atoms with E-state index in [1.54, 1.807) is 44.6 Å². The van der Waals surface area contributed by atoms with Crippen LogP contribution in [0.5, 0.6) is 11.5 Å². The Balaban J connectivity index is 1.57. The van der Waals surface area contributed by atoms with Gasteiger partial charge in [-0.25, -0.2) is 4.99 Å². The lowest BCUT2D eigenvalue weighted by atomic mass is 9.98. The Morgan fingerprint density at radius 2 is 1.47 bits per heavy atom. The Morgan fingerprint density at radius 3 is 2.11 bits per heavy atom. The lowest BCUT2D eigenvalue weighted by Gasteiger charge is -2.06. The number of hydrogen-bond donors (Lipinski definition) is 0. The van der Waals surface area contributed by atoms with Crippen molar-refractivity contribution in [1.82, 2.24) is 0 Å². The first-order chi connectivity index (χ1) is 18.5. The van der Waals surface area contributed by atoms with Crippen LogP contribution in [0, 0.1) is 11.3 Å². The fourth-order valence-electron chi connectivity index (χ4n) is 3.97. The van der Waals surface area contributed by atoms with Gasteiger partial charge in [0.1, 0.15) is 40.4 Å². The zero-order valence-corrected chi connectivity index (χ0v) is 21.9. The Bertz CT molecular complexity index is 1660. The molecule has 0 saturated heterocycles. The molecule has 0 aliphatic carbocycles. The van der Waals surface area contributed by atoms with E-state index in [9.17, 15) is 5.26 Å². The Hall–Kier alpha value is -4.44. The highest BCUT2D eigenvalue weighted by atomic mass is 35.5. The van der Waals surface area contributed by atoms with E-state index in [4.69, 9.17) is 41.5 Å². The second kappa shape index (κ2) is 10.9. The molecule has 0 fully saturated rings. The number of nitriles is 1. The third-order valence-electron chi connectivity index (χ3n) is 5.86. The first-order valence-electron chi connectivity index (χ1n) is 11.5. The van der Waals surface area contributed by atoms with Crippen LogP contribution in [0.25, 0.3) is 33.8 Å². The van der Waals surface area contributed by atoms with Crippen LogP contribution in [0.4, 0.5) is 5.88 Å². The molecular weight excluding hydrogens is 523 g/mol. The molecule has 0 radical (unpaired) electrons. The SMILES string of the molecule is COc1ccc(-c2oc(N=Cc3ccc(-c4cc(Cl)ccc4Cl)o3)c(C#N)c2-c2ccc(OC)cc2)cc1. The van der Waals surface area contributed by atoms with Gasteiger partial charge in [-0.3, -0.25) is 0 Å². The van der Waals surface area contributed by atoms with Gasteiger partial charge < -0.3 is 18.3 Å². The molecule has 5 aromatic rings. The molecule has 0 aliphatic heterocycles. The number of nitrogens with zero attached hydrogens (tertiary/aromatic N) is 2. The van der Waals surface area contributed by atoms with Gasteiger partial charge in [0.05, 0.1) is 25.5 Å². The van der Waals surface area contributed by atoms with Crippen molar-refractivity contribution in [1.29, 1.82) is 5.26 Å². The van der Waals surface area contributed by atoms with E-state index in [-0.39, 0.29) is 5.88 Å². The second-order valence-electron chi connectivity index (χ2n) is 8.14. The van der Waals surface area contributed by atoms with Gasteiger partial charge in [0, 0.05) is 21.7 Å². The monoisotopic (exact) mass is 542 g/mol. The number of ether oxygens (including phenoxy) is 2. The zero-order chi connectivity index (χ0) is 26.6. The summed E-state index contributed by atoms with van der Waals surface area (Å²) in [5, 5.41) is 11.2. The highest BCUT2D eigenvalue weighted by molar-refractivity contribution is 6.35. The van der Waals surface area contributed by atoms with E-state index in [2.05, 4.69) is 11.1 Å². The molecule has 0 bridgehead atoms. The summed E-state index contributed by atoms with van der Waals surface area (Å²) in [6.07, 6.45) is 1.50. The van der Waals surface area contributed by atoms with E-state index in [1.165, 1.54) is 6.21 Å². The molecule has 5 rings (SSSR count). The standard InChI is InChI=1S/C30H20Cl2N2O4/c1-35-21-8-3-18(4-9-21)28-25(16-33)30(38-29(28)19-5-10-22(36-2)11-6-19)34-17-23-12-14-27(37-23)24-15-20(31)7-13-26(24)32/h3-15,17H,1-2H3. The summed E-state index contributed by atoms with van der Waals surface area (Å²) in [5.41, 5.74) is 3.14. The van der Waals surface area contributed by atoms with Crippen LogP contribution in [-0.2, 0) is 0 Å². The third-order valence-corrected chi connectivity index (χ3v) is 6.43. The van der Waals surface area contributed by atoms with Crippen LogP contribution in [0.2, 0.25) is 10.0 Å². The maximum absolute atomic E-state index is 10.1. The van der Waals surface area contributed by atoms with Gasteiger partial charge in [0.15, 0.2) is 0 Å². The summed E-state index contributed by atoms with van der Waals surface area (Å²) in [6.45, 7) is 0. The van der Waals surface area contributed by atoms with Crippen LogP contribution < -0.4 is 9.47 Å². The van der Waals surface area contributed by atoms with Gasteiger partial charge in [-0.2, -0.15) is 5.26 Å². The summed E-state index contributed by atoms with van der Waals surface area (Å²) in [6, 6.07) is 25.7. The Morgan fingerprint density at radius 1 is 0.816 bits per heavy atom. The van der Waals surface area contributed by atoms with E-state index >= 15 is 0 Å². The van der Waals surface area contributed by atoms with Gasteiger partial charge in [0.2, 0.25) is 5.88 Å². The zero-order valence-electron chi connectivity index (χ0n) is 20.4. The minimum atomic E-state index is 0.155. The normalized spacial score (nSPS) is 11.0. The lowest BCUT2D eigenvalue weighted by Crippen LogP contribution is -1.86. The molecule has 188 valence electrons. The molecular formula is C30H20Cl2N2O4. The average Bonchev–Trinajstić information content (AvgIpc) is 3.58. The summed E-state index contributed by atoms with van der Waals surface area (Å²) in [5.74, 6) is 3.06. The van der Waals surface area contributed by atoms with Gasteiger partial charge >= 0.3 is 0 Å². The van der Waals surface area contributed by atoms with Crippen LogP contribution in [0.1, 0.15) is 11.3 Å². The van der Waals surface area contributed by atoms with E-state index < -0.39 is 0 Å². The average molecular weight is 543 g/mol. The quantitative estimate of drug-likeness (QED) is 0.192. The number of furan rings is 2. The van der Waals surface area contributed by atoms with Crippen molar-refractivity contribution in [2.75, 3.05) is 14.2 Å². The number of rotatable bonds is 7. The van der Waals surface area contributed by atoms with E-state index in [0.717, 1.165) is 11.1 Å². The fourth-order valence-corrected chi connectivity index (χ4v) is 4.35. The van der Waals surface area contributed by atoms with E-state index in [1.807, 2.05) is 48.5 Å². The topological polar surface area (TPSA) is 80.9 Å². The number of methoxy groups -OCH3 is 2. The summed E-state index contributed by atoms with van der Waals surface area (Å²) in [7, 11) is 3.20. The fraction of sp³-hybridized carbons (Fsp3) is 0.0667. The van der Waals surface area contributed by atoms with Crippen LogP contribution in [-0.4, -0.2) is 20.4 Å². The minimum Gasteiger partial charge on any atom is -0.497 e. The number of benzene rings is 3. The van der Waals surface area contributed by atoms with Crippen molar-refractivity contribution < 1.29 is 18.3 Å². The van der Waals surface area contributed by atoms with Gasteiger partial charge in [-0.15, -0.1) is 0 Å². The Kier molecular flexibility index (Phi) is 7.23. The molecule has 0 spiro atoms. The summed E-state index contributed by atoms with van der Waals surface area (Å²) < 4.78 is 22.7. The van der Waals surface area contributed by atoms with Crippen LogP contribution in [0.15, 0.2) is 92.7 Å². The molecule has 2 heterocycles. The molecule has 0 aliphatic rings. The summed E-state index contributed by atoms with van der Waals surface area (Å²) in [4.78, 5) is 4.48. The summed E-state index contributed by atoms with van der Waals surface area (Å²) >= 11 is 12.4. The van der Waals surface area contributed by atoms with Crippen molar-refractivity contribution in [3.8, 4) is 51.3 Å². The van der Waals surface area contributed by atoms with Crippen LogP contribution >= 0.6 is 23.2 Å². The molecule has 6 nitrogen and oxygen atoms in total. The van der Waals surface area contributed by atoms with Gasteiger partial charge in [-0.05, 0) is 72.3 Å². The first kappa shape index (κ1) is 25.2. The number of hydrogen-bond acceptors (Lipinski definition) is 6. The molecule has 2 aromatic heterocycles. The second-order valence-corrected chi connectivity index (χ2v) is 8.98. The maximum atomic E-state index is 10.1. The minimum absolute atomic E-state index is 0.155. The molecule has 0 amide bonds. The predicted molar refractivity (Wildman–Crippen MR) is 149 cm³/mol. The highest BCUT2D eigenvalue weighted by Crippen LogP contribution is 2.43. The molecule has 8 heteroatoms. The van der Waals surface area contributed by atoms with Crippen molar-refractivity contribution in [2.24, 2.45) is 4.99 Å². The van der Waals surface area contributed by atoms with Gasteiger partial charge in [-0.1, -0.05) is 35.3 Å². The molecule has 0 atom stereocenters. The lowest BCUT2D eigenvalue weighted by molar-refractivity contribution is 0.414. The predicted octanol–water partition coefficient (Wildman–Crippen LogP) is 8.82. The molecule has 0 saturated carbocycles. The largest absolute Gasteiger partial charge is 0.497 e. The highest BCUT2D eigenvalue weighted by Gasteiger charge is 2.23. The molecule has 0 N–H and O–H groups in total. The number of aliphatic imine (C=N–C) groups is 1. The van der Waals surface area contributed by atoms with Crippen molar-refractivity contribution in [2.45, 2.75) is 0 Å². The smallest absolute Gasteiger partial charge is 0.238 e. The van der Waals surface area contributed by atoms with E-state index in [0.29, 0.717) is 55.5 Å². The van der Waals surface area contributed by atoms with Gasteiger partial charge in [0.25, 0.3) is 0 Å². The molecule has 38 heavy (non-hydrogen) atoms. The van der Waals surface area contributed by atoms with Crippen molar-refractivity contribution >= 4 is 35.3 Å². The van der Waals surface area contributed by atoms with Crippen molar-refractivity contribution in [3.63, 3.8) is 0 Å². The Labute approximate surface area is 229 Å². The molecule has 3 aromatic carbocycles. The third kappa shape index (κ3) is 5.03. The molecule has 0 unspecified atom stereocenters. The first-order valence-corrected chi connectivity index (χ1v) is 12.2. The van der Waals surface area contributed by atoms with Crippen LogP contribution in [0.3, 0.4) is 0 Å². The number of halogens is 2. The maximum Gasteiger partial charge on any atom is 0.238 e. The van der Waals surface area contributed by atoms with Crippen molar-refractivity contribution in [3.05, 3.63) is 100 Å².